The van der Waals surface area contributed by atoms with Gasteiger partial charge in [0.1, 0.15) is 5.00 Å². The van der Waals surface area contributed by atoms with Gasteiger partial charge in [-0.05, 0) is 49.9 Å². The van der Waals surface area contributed by atoms with Crippen molar-refractivity contribution in [1.82, 2.24) is 4.57 Å². The monoisotopic (exact) mass is 567 g/mol. The van der Waals surface area contributed by atoms with Gasteiger partial charge in [0.2, 0.25) is 5.91 Å². The second kappa shape index (κ2) is 12.4. The number of hydrogen-bond acceptors (Lipinski definition) is 8. The summed E-state index contributed by atoms with van der Waals surface area (Å²) in [4.78, 5) is 43.6. The molecule has 0 saturated heterocycles. The molecule has 1 aromatic carbocycles. The van der Waals surface area contributed by atoms with Crippen molar-refractivity contribution in [2.45, 2.75) is 32.7 Å². The van der Waals surface area contributed by atoms with Crippen molar-refractivity contribution in [3.63, 3.8) is 0 Å². The van der Waals surface area contributed by atoms with Crippen LogP contribution >= 0.6 is 46.0 Å². The summed E-state index contributed by atoms with van der Waals surface area (Å²) in [7, 11) is 1.62. The highest BCUT2D eigenvalue weighted by Crippen LogP contribution is 2.39. The summed E-state index contributed by atoms with van der Waals surface area (Å²) >= 11 is 10.1. The van der Waals surface area contributed by atoms with E-state index in [2.05, 4.69) is 10.3 Å². The molecule has 2 heterocycles. The molecule has 1 N–H and O–H groups in total. The predicted molar refractivity (Wildman–Crippen MR) is 146 cm³/mol. The molecular formula is C24H26ClN3O5S3. The van der Waals surface area contributed by atoms with E-state index in [9.17, 15) is 14.4 Å². The lowest BCUT2D eigenvalue weighted by molar-refractivity contribution is -0.115. The Balaban J connectivity index is 1.40. The first-order chi connectivity index (χ1) is 17.4. The van der Waals surface area contributed by atoms with Gasteiger partial charge in [-0.15, -0.1) is 23.1 Å². The molecule has 0 fully saturated rings. The van der Waals surface area contributed by atoms with Gasteiger partial charge in [-0.3, -0.25) is 9.59 Å². The summed E-state index contributed by atoms with van der Waals surface area (Å²) in [6.07, 6.45) is 2.72. The fraction of sp³-hybridized carbons (Fsp3) is 0.417. The number of thioether (sulfide) groups is 1. The lowest BCUT2D eigenvalue weighted by Gasteiger charge is -2.07. The van der Waals surface area contributed by atoms with Crippen molar-refractivity contribution >= 4 is 79.0 Å². The van der Waals surface area contributed by atoms with Crippen LogP contribution in [0.2, 0.25) is 5.02 Å². The maximum absolute atomic E-state index is 12.6. The van der Waals surface area contributed by atoms with Gasteiger partial charge in [0.05, 0.1) is 40.5 Å². The molecule has 0 spiro atoms. The standard InChI is InChI=1S/C24H26ClN3O5S3/c1-3-33-23(31)21-15-5-4-6-17(15)35-22(21)26-19(29)12-34-13-20(30)27-24-28(9-10-32-2)16-8-7-14(25)11-18(16)36-24/h7-8,11H,3-6,9-10,12-13H2,1-2H3,(H,26,29). The van der Waals surface area contributed by atoms with Crippen LogP contribution in [-0.4, -0.2) is 54.2 Å². The van der Waals surface area contributed by atoms with E-state index in [0.29, 0.717) is 33.5 Å². The largest absolute Gasteiger partial charge is 0.462 e. The summed E-state index contributed by atoms with van der Waals surface area (Å²) in [5.74, 6) is -0.889. The smallest absolute Gasteiger partial charge is 0.341 e. The zero-order chi connectivity index (χ0) is 25.7. The molecule has 0 bridgehead atoms. The highest BCUT2D eigenvalue weighted by molar-refractivity contribution is 8.00. The normalized spacial score (nSPS) is 13.2. The average Bonchev–Trinajstić information content (AvgIpc) is 3.50. The Morgan fingerprint density at radius 2 is 2.06 bits per heavy atom. The Labute approximate surface area is 225 Å². The number of ether oxygens (including phenoxy) is 2. The minimum absolute atomic E-state index is 0.0539. The number of aromatic nitrogens is 1. The van der Waals surface area contributed by atoms with Crippen LogP contribution < -0.4 is 10.1 Å². The number of benzene rings is 1. The zero-order valence-corrected chi connectivity index (χ0v) is 23.1. The molecule has 3 aromatic rings. The molecule has 8 nitrogen and oxygen atoms in total. The van der Waals surface area contributed by atoms with Crippen molar-refractivity contribution in [2.24, 2.45) is 4.99 Å². The Morgan fingerprint density at radius 1 is 1.22 bits per heavy atom. The van der Waals surface area contributed by atoms with E-state index in [1.807, 2.05) is 16.7 Å². The van der Waals surface area contributed by atoms with Crippen molar-refractivity contribution in [1.29, 1.82) is 0 Å². The third kappa shape index (κ3) is 6.20. The zero-order valence-electron chi connectivity index (χ0n) is 19.9. The lowest BCUT2D eigenvalue weighted by Crippen LogP contribution is -2.20. The van der Waals surface area contributed by atoms with Crippen LogP contribution in [0.15, 0.2) is 23.2 Å². The van der Waals surface area contributed by atoms with E-state index in [0.717, 1.165) is 39.9 Å². The number of rotatable bonds is 10. The number of carbonyl (C=O) groups excluding carboxylic acids is 3. The molecule has 0 aliphatic heterocycles. The van der Waals surface area contributed by atoms with E-state index < -0.39 is 5.97 Å². The Bertz CT molecular complexity index is 1360. The Morgan fingerprint density at radius 3 is 2.83 bits per heavy atom. The SMILES string of the molecule is CCOC(=O)c1c(NC(=O)CSCC(=O)N=c2sc3cc(Cl)ccc3n2CCOC)sc2c1CCC2. The van der Waals surface area contributed by atoms with Gasteiger partial charge in [0, 0.05) is 23.6 Å². The molecular weight excluding hydrogens is 542 g/mol. The van der Waals surface area contributed by atoms with Crippen LogP contribution in [-0.2, 0) is 38.4 Å². The van der Waals surface area contributed by atoms with E-state index in [4.69, 9.17) is 21.1 Å². The Hall–Kier alpha value is -2.18. The van der Waals surface area contributed by atoms with Crippen molar-refractivity contribution in [3.8, 4) is 0 Å². The van der Waals surface area contributed by atoms with Crippen molar-refractivity contribution in [3.05, 3.63) is 44.0 Å². The molecule has 4 rings (SSSR count). The van der Waals surface area contributed by atoms with Crippen LogP contribution in [0.3, 0.4) is 0 Å². The maximum atomic E-state index is 12.6. The fourth-order valence-corrected chi connectivity index (χ4v) is 7.22. The van der Waals surface area contributed by atoms with Crippen LogP contribution in [0.25, 0.3) is 10.2 Å². The fourth-order valence-electron chi connectivity index (χ4n) is 3.98. The van der Waals surface area contributed by atoms with Crippen molar-refractivity contribution in [2.75, 3.05) is 37.1 Å². The molecule has 2 aromatic heterocycles. The number of thiazole rings is 1. The first-order valence-electron chi connectivity index (χ1n) is 11.5. The van der Waals surface area contributed by atoms with Crippen LogP contribution in [0.1, 0.15) is 34.1 Å². The van der Waals surface area contributed by atoms with E-state index >= 15 is 0 Å². The van der Waals surface area contributed by atoms with Gasteiger partial charge >= 0.3 is 5.97 Å². The number of fused-ring (bicyclic) bond motifs is 2. The van der Waals surface area contributed by atoms with E-state index in [1.165, 1.54) is 34.4 Å². The highest BCUT2D eigenvalue weighted by Gasteiger charge is 2.28. The molecule has 192 valence electrons. The minimum atomic E-state index is -0.403. The number of methoxy groups -OCH3 is 1. The summed E-state index contributed by atoms with van der Waals surface area (Å²) < 4.78 is 13.3. The van der Waals surface area contributed by atoms with Crippen molar-refractivity contribution < 1.29 is 23.9 Å². The number of thiophene rings is 1. The average molecular weight is 568 g/mol. The van der Waals surface area contributed by atoms with Gasteiger partial charge in [-0.2, -0.15) is 4.99 Å². The molecule has 2 amide bonds. The van der Waals surface area contributed by atoms with Gasteiger partial charge in [-0.1, -0.05) is 22.9 Å². The second-order valence-corrected chi connectivity index (χ2v) is 11.5. The maximum Gasteiger partial charge on any atom is 0.341 e. The summed E-state index contributed by atoms with van der Waals surface area (Å²) in [6.45, 7) is 3.06. The quantitative estimate of drug-likeness (QED) is 0.361. The first-order valence-corrected chi connectivity index (χ1v) is 14.6. The number of anilines is 1. The number of hydrogen-bond donors (Lipinski definition) is 1. The lowest BCUT2D eigenvalue weighted by atomic mass is 10.1. The molecule has 36 heavy (non-hydrogen) atoms. The highest BCUT2D eigenvalue weighted by atomic mass is 35.5. The third-order valence-electron chi connectivity index (χ3n) is 5.50. The molecule has 0 radical (unpaired) electrons. The molecule has 0 saturated carbocycles. The molecule has 12 heteroatoms. The number of amides is 2. The van der Waals surface area contributed by atoms with Crippen LogP contribution in [0.4, 0.5) is 5.00 Å². The third-order valence-corrected chi connectivity index (χ3v) is 8.90. The molecule has 0 unspecified atom stereocenters. The minimum Gasteiger partial charge on any atom is -0.462 e. The Kier molecular flexibility index (Phi) is 9.24. The number of nitrogens with zero attached hydrogens (tertiary/aromatic N) is 2. The van der Waals surface area contributed by atoms with Gasteiger partial charge in [0.25, 0.3) is 5.91 Å². The molecule has 1 aliphatic rings. The van der Waals surface area contributed by atoms with E-state index in [1.54, 1.807) is 20.1 Å². The number of aryl methyl sites for hydroxylation is 1. The summed E-state index contributed by atoms with van der Waals surface area (Å²) in [6, 6.07) is 5.55. The number of carbonyl (C=O) groups is 3. The molecule has 0 atom stereocenters. The van der Waals surface area contributed by atoms with Crippen LogP contribution in [0.5, 0.6) is 0 Å². The number of esters is 1. The number of nitrogens with one attached hydrogen (secondary N) is 1. The van der Waals surface area contributed by atoms with E-state index in [-0.39, 0.29) is 29.9 Å². The summed E-state index contributed by atoms with van der Waals surface area (Å²) in [5.41, 5.74) is 2.39. The van der Waals surface area contributed by atoms with Crippen LogP contribution in [0, 0.1) is 0 Å². The van der Waals surface area contributed by atoms with Gasteiger partial charge in [-0.25, -0.2) is 4.79 Å². The second-order valence-electron chi connectivity index (χ2n) is 7.97. The topological polar surface area (TPSA) is 99.0 Å². The molecule has 1 aliphatic carbocycles. The number of halogens is 1. The summed E-state index contributed by atoms with van der Waals surface area (Å²) in [5, 5.41) is 3.99. The first kappa shape index (κ1) is 26.9. The van der Waals surface area contributed by atoms with Gasteiger partial charge < -0.3 is 19.4 Å². The predicted octanol–water partition coefficient (Wildman–Crippen LogP) is 4.53. The van der Waals surface area contributed by atoms with Gasteiger partial charge in [0.15, 0.2) is 4.80 Å².